The van der Waals surface area contributed by atoms with Gasteiger partial charge in [-0.2, -0.15) is 5.10 Å². The third-order valence-electron chi connectivity index (χ3n) is 4.45. The van der Waals surface area contributed by atoms with Crippen LogP contribution in [0.25, 0.3) is 0 Å². The molecular formula is C16H24N6O. The Hall–Kier alpha value is -2.18. The van der Waals surface area contributed by atoms with Crippen LogP contribution in [0.2, 0.25) is 0 Å². The molecule has 2 heterocycles. The molecule has 0 aromatic carbocycles. The third-order valence-corrected chi connectivity index (χ3v) is 4.45. The van der Waals surface area contributed by atoms with E-state index < -0.39 is 0 Å². The van der Waals surface area contributed by atoms with Crippen molar-refractivity contribution in [2.24, 2.45) is 5.92 Å². The first-order valence-corrected chi connectivity index (χ1v) is 8.29. The van der Waals surface area contributed by atoms with Gasteiger partial charge in [0.2, 0.25) is 0 Å². The van der Waals surface area contributed by atoms with Crippen molar-refractivity contribution in [1.82, 2.24) is 30.3 Å². The Labute approximate surface area is 135 Å². The lowest BCUT2D eigenvalue weighted by atomic mass is 9.87. The molecule has 3 rings (SSSR count). The van der Waals surface area contributed by atoms with Gasteiger partial charge in [0, 0.05) is 30.3 Å². The van der Waals surface area contributed by atoms with Crippen molar-refractivity contribution in [1.29, 1.82) is 0 Å². The number of carbonyl (C=O) groups is 1. The maximum absolute atomic E-state index is 12.4. The van der Waals surface area contributed by atoms with Gasteiger partial charge in [0.1, 0.15) is 12.2 Å². The minimum Gasteiger partial charge on any atom is -0.350 e. The molecule has 0 spiro atoms. The number of aromatic nitrogens is 5. The molecule has 2 aromatic rings. The number of fused-ring (bicyclic) bond motifs is 1. The lowest BCUT2D eigenvalue weighted by Crippen LogP contribution is -2.28. The molecule has 0 aliphatic heterocycles. The second-order valence-electron chi connectivity index (χ2n) is 6.63. The molecule has 1 aliphatic rings. The van der Waals surface area contributed by atoms with Crippen LogP contribution >= 0.6 is 0 Å². The summed E-state index contributed by atoms with van der Waals surface area (Å²) in [6.45, 7) is 6.92. The number of H-pyrrole nitrogens is 1. The van der Waals surface area contributed by atoms with Crippen molar-refractivity contribution in [2.45, 2.75) is 52.5 Å². The lowest BCUT2D eigenvalue weighted by molar-refractivity contribution is 0.0947. The van der Waals surface area contributed by atoms with E-state index in [1.807, 2.05) is 4.57 Å². The molecule has 23 heavy (non-hydrogen) atoms. The highest BCUT2D eigenvalue weighted by Crippen LogP contribution is 2.26. The summed E-state index contributed by atoms with van der Waals surface area (Å²) >= 11 is 0. The summed E-state index contributed by atoms with van der Waals surface area (Å²) in [5, 5.41) is 18.3. The second-order valence-corrected chi connectivity index (χ2v) is 6.63. The summed E-state index contributed by atoms with van der Waals surface area (Å²) in [6, 6.07) is 0.315. The average molecular weight is 316 g/mol. The predicted octanol–water partition coefficient (Wildman–Crippen LogP) is 1.68. The molecule has 1 aliphatic carbocycles. The van der Waals surface area contributed by atoms with Crippen LogP contribution in [0.3, 0.4) is 0 Å². The lowest BCUT2D eigenvalue weighted by Gasteiger charge is -2.18. The smallest absolute Gasteiger partial charge is 0.272 e. The van der Waals surface area contributed by atoms with E-state index in [4.69, 9.17) is 0 Å². The number of hydrogen-bond acceptors (Lipinski definition) is 4. The number of rotatable bonds is 5. The van der Waals surface area contributed by atoms with Gasteiger partial charge < -0.3 is 9.88 Å². The minimum absolute atomic E-state index is 0.104. The van der Waals surface area contributed by atoms with Gasteiger partial charge in [-0.05, 0) is 39.0 Å². The van der Waals surface area contributed by atoms with Crippen LogP contribution in [0.4, 0.5) is 0 Å². The Kier molecular flexibility index (Phi) is 4.45. The molecular weight excluding hydrogens is 292 g/mol. The standard InChI is InChI=1S/C16H24N6O/c1-10(2)22-9-18-20-14(22)6-7-17-16(23)15-12-8-11(3)4-5-13(12)19-21-15/h9-11H,4-8H2,1-3H3,(H,17,23)(H,19,21)/t11-/m0/s1. The normalized spacial score (nSPS) is 17.3. The van der Waals surface area contributed by atoms with Crippen LogP contribution in [-0.2, 0) is 19.3 Å². The molecule has 0 fully saturated rings. The number of hydrogen-bond donors (Lipinski definition) is 2. The molecule has 124 valence electrons. The number of nitrogens with zero attached hydrogens (tertiary/aromatic N) is 4. The van der Waals surface area contributed by atoms with Gasteiger partial charge in [-0.3, -0.25) is 9.89 Å². The molecule has 0 saturated carbocycles. The summed E-state index contributed by atoms with van der Waals surface area (Å²) in [5.74, 6) is 1.39. The monoisotopic (exact) mass is 316 g/mol. The summed E-state index contributed by atoms with van der Waals surface area (Å²) < 4.78 is 2.02. The molecule has 2 aromatic heterocycles. The summed E-state index contributed by atoms with van der Waals surface area (Å²) in [5.41, 5.74) is 2.76. The van der Waals surface area contributed by atoms with Gasteiger partial charge in [-0.25, -0.2) is 0 Å². The SMILES string of the molecule is CC(C)n1cnnc1CCNC(=O)c1n[nH]c2c1C[C@@H](C)CC2. The maximum atomic E-state index is 12.4. The highest BCUT2D eigenvalue weighted by molar-refractivity contribution is 5.94. The second kappa shape index (κ2) is 6.52. The fraction of sp³-hybridized carbons (Fsp3) is 0.625. The van der Waals surface area contributed by atoms with E-state index in [2.05, 4.69) is 46.5 Å². The van der Waals surface area contributed by atoms with E-state index in [1.54, 1.807) is 6.33 Å². The first-order valence-electron chi connectivity index (χ1n) is 8.29. The van der Waals surface area contributed by atoms with Gasteiger partial charge in [-0.1, -0.05) is 6.92 Å². The van der Waals surface area contributed by atoms with Gasteiger partial charge in [0.25, 0.3) is 5.91 Å². The quantitative estimate of drug-likeness (QED) is 0.878. The van der Waals surface area contributed by atoms with Crippen molar-refractivity contribution in [2.75, 3.05) is 6.54 Å². The Bertz CT molecular complexity index is 687. The van der Waals surface area contributed by atoms with Crippen molar-refractivity contribution < 1.29 is 4.79 Å². The number of amides is 1. The van der Waals surface area contributed by atoms with E-state index in [0.717, 1.165) is 36.3 Å². The third kappa shape index (κ3) is 3.28. The molecule has 1 amide bonds. The Morgan fingerprint density at radius 2 is 2.35 bits per heavy atom. The Balaban J connectivity index is 1.60. The highest BCUT2D eigenvalue weighted by Gasteiger charge is 2.24. The van der Waals surface area contributed by atoms with Gasteiger partial charge in [0.15, 0.2) is 5.69 Å². The largest absolute Gasteiger partial charge is 0.350 e. The van der Waals surface area contributed by atoms with E-state index in [-0.39, 0.29) is 5.91 Å². The van der Waals surface area contributed by atoms with Crippen LogP contribution in [-0.4, -0.2) is 37.4 Å². The van der Waals surface area contributed by atoms with Gasteiger partial charge >= 0.3 is 0 Å². The van der Waals surface area contributed by atoms with Crippen LogP contribution in [0.5, 0.6) is 0 Å². The van der Waals surface area contributed by atoms with Crippen molar-refractivity contribution in [3.8, 4) is 0 Å². The number of carbonyl (C=O) groups excluding carboxylic acids is 1. The van der Waals surface area contributed by atoms with Crippen LogP contribution in [0.15, 0.2) is 6.33 Å². The van der Waals surface area contributed by atoms with E-state index in [1.165, 1.54) is 0 Å². The van der Waals surface area contributed by atoms with E-state index >= 15 is 0 Å². The highest BCUT2D eigenvalue weighted by atomic mass is 16.1. The molecule has 0 unspecified atom stereocenters. The van der Waals surface area contributed by atoms with Crippen LogP contribution < -0.4 is 5.32 Å². The fourth-order valence-corrected chi connectivity index (χ4v) is 3.11. The number of nitrogens with one attached hydrogen (secondary N) is 2. The zero-order chi connectivity index (χ0) is 16.4. The van der Waals surface area contributed by atoms with Crippen LogP contribution in [0.1, 0.15) is 60.8 Å². The zero-order valence-electron chi connectivity index (χ0n) is 14.0. The molecule has 0 radical (unpaired) electrons. The zero-order valence-corrected chi connectivity index (χ0v) is 14.0. The molecule has 7 heteroatoms. The van der Waals surface area contributed by atoms with Crippen molar-refractivity contribution in [3.63, 3.8) is 0 Å². The maximum Gasteiger partial charge on any atom is 0.272 e. The Morgan fingerprint density at radius 3 is 3.13 bits per heavy atom. The fourth-order valence-electron chi connectivity index (χ4n) is 3.11. The van der Waals surface area contributed by atoms with Crippen molar-refractivity contribution in [3.05, 3.63) is 29.1 Å². The summed E-state index contributed by atoms with van der Waals surface area (Å²) in [4.78, 5) is 12.4. The molecule has 2 N–H and O–H groups in total. The minimum atomic E-state index is -0.104. The van der Waals surface area contributed by atoms with Gasteiger partial charge in [-0.15, -0.1) is 10.2 Å². The topological polar surface area (TPSA) is 88.5 Å². The van der Waals surface area contributed by atoms with Gasteiger partial charge in [0.05, 0.1) is 0 Å². The summed E-state index contributed by atoms with van der Waals surface area (Å²) in [6.07, 6.45) is 5.45. The number of aryl methyl sites for hydroxylation is 1. The predicted molar refractivity (Wildman–Crippen MR) is 86.2 cm³/mol. The number of aromatic amines is 1. The Morgan fingerprint density at radius 1 is 1.52 bits per heavy atom. The van der Waals surface area contributed by atoms with E-state index in [9.17, 15) is 4.79 Å². The first kappa shape index (κ1) is 15.7. The summed E-state index contributed by atoms with van der Waals surface area (Å²) in [7, 11) is 0. The average Bonchev–Trinajstić information content (AvgIpc) is 3.13. The van der Waals surface area contributed by atoms with Crippen LogP contribution in [0, 0.1) is 5.92 Å². The molecule has 0 saturated heterocycles. The first-order chi connectivity index (χ1) is 11.1. The molecule has 1 atom stereocenters. The molecule has 0 bridgehead atoms. The molecule has 7 nitrogen and oxygen atoms in total. The van der Waals surface area contributed by atoms with Crippen molar-refractivity contribution >= 4 is 5.91 Å². The van der Waals surface area contributed by atoms with E-state index in [0.29, 0.717) is 30.6 Å².